The van der Waals surface area contributed by atoms with Crippen LogP contribution in [0.2, 0.25) is 0 Å². The van der Waals surface area contributed by atoms with E-state index in [0.717, 1.165) is 35.8 Å². The molecule has 5 nitrogen and oxygen atoms in total. The zero-order valence-electron chi connectivity index (χ0n) is 28.9. The highest BCUT2D eigenvalue weighted by atomic mass is 15.1. The smallest absolute Gasteiger partial charge is 0.0638 e. The molecular weight excluding hydrogens is 599 g/mol. The summed E-state index contributed by atoms with van der Waals surface area (Å²) < 4.78 is 0. The van der Waals surface area contributed by atoms with Crippen LogP contribution in [0.1, 0.15) is 63.1 Å². The van der Waals surface area contributed by atoms with Crippen LogP contribution in [0.4, 0.5) is 28.4 Å². The van der Waals surface area contributed by atoms with Crippen LogP contribution in [0, 0.1) is 11.8 Å². The first-order chi connectivity index (χ1) is 24.1. The second-order valence-corrected chi connectivity index (χ2v) is 13.1. The Balaban J connectivity index is 1.30. The number of pyridine rings is 2. The average Bonchev–Trinajstić information content (AvgIpc) is 3.16. The molecule has 1 aliphatic carbocycles. The molecule has 5 heteroatoms. The fourth-order valence-corrected chi connectivity index (χ4v) is 7.54. The van der Waals surface area contributed by atoms with Crippen molar-refractivity contribution in [1.82, 2.24) is 9.97 Å². The lowest BCUT2D eigenvalue weighted by atomic mass is 9.82. The van der Waals surface area contributed by atoms with Crippen molar-refractivity contribution in [3.05, 3.63) is 157 Å². The summed E-state index contributed by atoms with van der Waals surface area (Å²) in [5, 5.41) is 6.51. The molecule has 0 amide bonds. The average molecular weight is 645 g/mol. The summed E-state index contributed by atoms with van der Waals surface area (Å²) in [6.07, 6.45) is 12.6. The first kappa shape index (κ1) is 32.3. The molecule has 6 aromatic rings. The van der Waals surface area contributed by atoms with E-state index in [4.69, 9.17) is 0 Å². The van der Waals surface area contributed by atoms with Crippen LogP contribution in [-0.2, 0) is 0 Å². The van der Waals surface area contributed by atoms with E-state index < -0.39 is 0 Å². The third-order valence-corrected chi connectivity index (χ3v) is 10.2. The van der Waals surface area contributed by atoms with Crippen molar-refractivity contribution in [3.63, 3.8) is 0 Å². The zero-order chi connectivity index (χ0) is 33.6. The van der Waals surface area contributed by atoms with Gasteiger partial charge < -0.3 is 15.1 Å². The number of fused-ring (bicyclic) bond motifs is 1. The second-order valence-electron chi connectivity index (χ2n) is 13.1. The van der Waals surface area contributed by atoms with Gasteiger partial charge in [0.15, 0.2) is 0 Å². The van der Waals surface area contributed by atoms with Gasteiger partial charge in [0.05, 0.1) is 39.7 Å². The standard InChI is InChI=1S/C44H46N5/c1-4-48(37-24-28-45-29-25-37)35-18-14-33(15-19-35)44(34-16-20-36(21-17-34)49(5-2)38-26-30-46-31-27-38)41-22-23-43(40-12-8-7-11-39(40)41)47-42-13-9-6-10-32(42)3/h7-8,11-12,14-32,42,47H,4-6,9-10,13H2,1-3H3/q+1. The molecule has 1 saturated carbocycles. The third kappa shape index (κ3) is 6.84. The quantitative estimate of drug-likeness (QED) is 0.112. The Kier molecular flexibility index (Phi) is 9.79. The molecule has 2 unspecified atom stereocenters. The fraction of sp³-hybridized carbons (Fsp3) is 0.250. The summed E-state index contributed by atoms with van der Waals surface area (Å²) >= 11 is 0. The first-order valence-corrected chi connectivity index (χ1v) is 17.9. The highest BCUT2D eigenvalue weighted by Gasteiger charge is 2.28. The Hall–Kier alpha value is -5.29. The number of rotatable bonds is 11. The lowest BCUT2D eigenvalue weighted by Crippen LogP contribution is -2.30. The number of benzene rings is 4. The van der Waals surface area contributed by atoms with E-state index in [-0.39, 0.29) is 0 Å². The second kappa shape index (κ2) is 14.9. The summed E-state index contributed by atoms with van der Waals surface area (Å²) in [5.74, 6) is 1.90. The largest absolute Gasteiger partial charge is 0.381 e. The molecule has 49 heavy (non-hydrogen) atoms. The van der Waals surface area contributed by atoms with Crippen LogP contribution >= 0.6 is 0 Å². The minimum absolute atomic E-state index is 0.510. The van der Waals surface area contributed by atoms with Crippen LogP contribution in [0.5, 0.6) is 0 Å². The number of hydrogen-bond donors (Lipinski definition) is 1. The van der Waals surface area contributed by atoms with Crippen molar-refractivity contribution >= 4 is 39.2 Å². The van der Waals surface area contributed by atoms with Gasteiger partial charge in [-0.3, -0.25) is 9.97 Å². The summed E-state index contributed by atoms with van der Waals surface area (Å²) in [7, 11) is 0. The summed E-state index contributed by atoms with van der Waals surface area (Å²) in [6.45, 7) is 8.51. The maximum atomic E-state index is 4.23. The Morgan fingerprint density at radius 3 is 1.59 bits per heavy atom. The predicted molar refractivity (Wildman–Crippen MR) is 206 cm³/mol. The van der Waals surface area contributed by atoms with E-state index in [0.29, 0.717) is 12.0 Å². The molecule has 2 aromatic heterocycles. The number of hydrogen-bond acceptors (Lipinski definition) is 5. The van der Waals surface area contributed by atoms with Gasteiger partial charge in [0, 0.05) is 66.1 Å². The summed E-state index contributed by atoms with van der Waals surface area (Å²) in [6, 6.07) is 40.4. The molecule has 1 aliphatic rings. The number of nitrogens with zero attached hydrogens (tertiary/aromatic N) is 4. The lowest BCUT2D eigenvalue weighted by Gasteiger charge is -2.31. The minimum atomic E-state index is 0.510. The highest BCUT2D eigenvalue weighted by Crippen LogP contribution is 2.40. The van der Waals surface area contributed by atoms with Crippen LogP contribution in [0.25, 0.3) is 10.8 Å². The Bertz CT molecular complexity index is 1850. The first-order valence-electron chi connectivity index (χ1n) is 17.9. The van der Waals surface area contributed by atoms with Crippen molar-refractivity contribution in [1.29, 1.82) is 0 Å². The highest BCUT2D eigenvalue weighted by molar-refractivity contribution is 5.98. The van der Waals surface area contributed by atoms with E-state index in [1.807, 2.05) is 24.8 Å². The number of anilines is 5. The normalized spacial score (nSPS) is 15.9. The SMILES string of the molecule is CCN(c1ccncc1)c1ccc([C+](c2ccc(N(CC)c3ccncc3)cc2)c2ccc(NC3CCCCC3C)c3ccccc23)cc1. The van der Waals surface area contributed by atoms with Gasteiger partial charge in [0.25, 0.3) is 0 Å². The van der Waals surface area contributed by atoms with Crippen molar-refractivity contribution in [3.8, 4) is 0 Å². The van der Waals surface area contributed by atoms with Gasteiger partial charge in [-0.25, -0.2) is 0 Å². The summed E-state index contributed by atoms with van der Waals surface area (Å²) in [5.41, 5.74) is 9.45. The van der Waals surface area contributed by atoms with E-state index >= 15 is 0 Å². The molecule has 4 aromatic carbocycles. The topological polar surface area (TPSA) is 44.3 Å². The van der Waals surface area contributed by atoms with E-state index in [1.54, 1.807) is 0 Å². The predicted octanol–water partition coefficient (Wildman–Crippen LogP) is 11.0. The van der Waals surface area contributed by atoms with Gasteiger partial charge in [0.1, 0.15) is 0 Å². The van der Waals surface area contributed by atoms with Crippen molar-refractivity contribution in [2.45, 2.75) is 52.5 Å². The third-order valence-electron chi connectivity index (χ3n) is 10.2. The molecule has 1 fully saturated rings. The molecule has 2 heterocycles. The molecule has 1 N–H and O–H groups in total. The van der Waals surface area contributed by atoms with Crippen molar-refractivity contribution < 1.29 is 0 Å². The molecule has 2 atom stereocenters. The van der Waals surface area contributed by atoms with E-state index in [2.05, 4.69) is 155 Å². The van der Waals surface area contributed by atoms with Gasteiger partial charge >= 0.3 is 0 Å². The van der Waals surface area contributed by atoms with E-state index in [9.17, 15) is 0 Å². The van der Waals surface area contributed by atoms with Crippen LogP contribution < -0.4 is 15.1 Å². The number of aromatic nitrogens is 2. The molecule has 0 spiro atoms. The maximum Gasteiger partial charge on any atom is 0.0638 e. The fourth-order valence-electron chi connectivity index (χ4n) is 7.54. The molecular formula is C44H46N5+. The minimum Gasteiger partial charge on any atom is -0.381 e. The molecule has 0 bridgehead atoms. The molecule has 0 radical (unpaired) electrons. The summed E-state index contributed by atoms with van der Waals surface area (Å²) in [4.78, 5) is 13.1. The Morgan fingerprint density at radius 2 is 1.08 bits per heavy atom. The maximum absolute atomic E-state index is 4.23. The lowest BCUT2D eigenvalue weighted by molar-refractivity contribution is 0.350. The molecule has 0 aliphatic heterocycles. The molecule has 7 rings (SSSR count). The zero-order valence-corrected chi connectivity index (χ0v) is 28.9. The van der Waals surface area contributed by atoms with Crippen LogP contribution in [0.3, 0.4) is 0 Å². The van der Waals surface area contributed by atoms with Crippen molar-refractivity contribution in [2.24, 2.45) is 5.92 Å². The van der Waals surface area contributed by atoms with Gasteiger partial charge in [-0.1, -0.05) is 31.9 Å². The van der Waals surface area contributed by atoms with Crippen LogP contribution in [0.15, 0.2) is 134 Å². The monoisotopic (exact) mass is 644 g/mol. The molecule has 0 saturated heterocycles. The van der Waals surface area contributed by atoms with Crippen LogP contribution in [-0.4, -0.2) is 29.1 Å². The van der Waals surface area contributed by atoms with Gasteiger partial charge in [-0.05, 0) is 130 Å². The Labute approximate surface area is 291 Å². The van der Waals surface area contributed by atoms with Crippen molar-refractivity contribution in [2.75, 3.05) is 28.2 Å². The molecule has 246 valence electrons. The number of nitrogens with one attached hydrogen (secondary N) is 1. The van der Waals surface area contributed by atoms with Gasteiger partial charge in [0.2, 0.25) is 0 Å². The van der Waals surface area contributed by atoms with Gasteiger partial charge in [-0.15, -0.1) is 0 Å². The van der Waals surface area contributed by atoms with E-state index in [1.165, 1.54) is 64.8 Å². The Morgan fingerprint density at radius 1 is 0.592 bits per heavy atom. The van der Waals surface area contributed by atoms with Gasteiger partial charge in [-0.2, -0.15) is 0 Å².